The van der Waals surface area contributed by atoms with Crippen LogP contribution in [0.4, 0.5) is 28.8 Å². The molecular weight excluding hydrogens is 422 g/mol. The molecule has 1 aliphatic heterocycles. The number of piperazine rings is 1. The van der Waals surface area contributed by atoms with Gasteiger partial charge >= 0.3 is 0 Å². The molecule has 7 nitrogen and oxygen atoms in total. The Morgan fingerprint density at radius 3 is 2.53 bits per heavy atom. The zero-order valence-corrected chi connectivity index (χ0v) is 18.9. The van der Waals surface area contributed by atoms with Gasteiger partial charge < -0.3 is 25.4 Å². The van der Waals surface area contributed by atoms with Crippen molar-refractivity contribution in [1.29, 1.82) is 0 Å². The average molecular weight is 448 g/mol. The fourth-order valence-corrected chi connectivity index (χ4v) is 4.17. The van der Waals surface area contributed by atoms with E-state index in [1.165, 1.54) is 5.69 Å². The van der Waals surface area contributed by atoms with E-state index in [2.05, 4.69) is 66.7 Å². The molecule has 2 aromatic carbocycles. The quantitative estimate of drug-likeness (QED) is 0.392. The molecule has 164 valence electrons. The first-order chi connectivity index (χ1) is 15.6. The van der Waals surface area contributed by atoms with Crippen LogP contribution in [0.3, 0.4) is 0 Å². The molecule has 0 atom stereocenters. The number of H-pyrrole nitrogens is 1. The van der Waals surface area contributed by atoms with E-state index in [1.54, 1.807) is 6.20 Å². The van der Waals surface area contributed by atoms with Crippen molar-refractivity contribution in [2.75, 3.05) is 48.8 Å². The average Bonchev–Trinajstić information content (AvgIpc) is 3.29. The SMILES string of the molecule is Cc1cnc(Nc2ccc(N3CCN(C)CC3)cc2)nc1Nc1ccc2cc[nH]c2c1Cl. The fourth-order valence-electron chi connectivity index (χ4n) is 3.89. The summed E-state index contributed by atoms with van der Waals surface area (Å²) in [5.74, 6) is 1.24. The van der Waals surface area contributed by atoms with Gasteiger partial charge in [0.05, 0.1) is 16.2 Å². The molecule has 3 N–H and O–H groups in total. The summed E-state index contributed by atoms with van der Waals surface area (Å²) >= 11 is 6.58. The molecule has 32 heavy (non-hydrogen) atoms. The van der Waals surface area contributed by atoms with Gasteiger partial charge in [-0.1, -0.05) is 17.7 Å². The van der Waals surface area contributed by atoms with Gasteiger partial charge in [0.2, 0.25) is 5.95 Å². The van der Waals surface area contributed by atoms with Gasteiger partial charge in [0.1, 0.15) is 5.82 Å². The van der Waals surface area contributed by atoms with Gasteiger partial charge in [-0.15, -0.1) is 0 Å². The van der Waals surface area contributed by atoms with Crippen LogP contribution in [0, 0.1) is 6.92 Å². The van der Waals surface area contributed by atoms with Crippen LogP contribution >= 0.6 is 11.6 Å². The molecule has 0 spiro atoms. The lowest BCUT2D eigenvalue weighted by Crippen LogP contribution is -2.44. The number of aryl methyl sites for hydroxylation is 1. The molecule has 0 aliphatic carbocycles. The first-order valence-corrected chi connectivity index (χ1v) is 11.1. The summed E-state index contributed by atoms with van der Waals surface area (Å²) in [6, 6.07) is 14.4. The van der Waals surface area contributed by atoms with Gasteiger partial charge in [-0.05, 0) is 50.4 Å². The number of hydrogen-bond donors (Lipinski definition) is 3. The van der Waals surface area contributed by atoms with Crippen molar-refractivity contribution in [2.24, 2.45) is 0 Å². The maximum Gasteiger partial charge on any atom is 0.229 e. The zero-order chi connectivity index (χ0) is 22.1. The molecule has 0 bridgehead atoms. The van der Waals surface area contributed by atoms with Crippen LogP contribution in [-0.2, 0) is 0 Å². The maximum atomic E-state index is 6.58. The summed E-state index contributed by atoms with van der Waals surface area (Å²) in [7, 11) is 2.17. The molecule has 1 fully saturated rings. The van der Waals surface area contributed by atoms with Crippen LogP contribution < -0.4 is 15.5 Å². The Morgan fingerprint density at radius 2 is 1.75 bits per heavy atom. The van der Waals surface area contributed by atoms with Gasteiger partial charge in [0.25, 0.3) is 0 Å². The summed E-state index contributed by atoms with van der Waals surface area (Å²) in [6.45, 7) is 6.26. The van der Waals surface area contributed by atoms with Crippen molar-refractivity contribution in [3.8, 4) is 0 Å². The van der Waals surface area contributed by atoms with E-state index in [1.807, 2.05) is 31.3 Å². The van der Waals surface area contributed by atoms with Crippen LogP contribution in [0.1, 0.15) is 5.56 Å². The minimum Gasteiger partial charge on any atom is -0.369 e. The Kier molecular flexibility index (Phi) is 5.59. The third-order valence-electron chi connectivity index (χ3n) is 5.88. The highest BCUT2D eigenvalue weighted by Gasteiger charge is 2.14. The molecule has 0 saturated carbocycles. The number of nitrogens with zero attached hydrogens (tertiary/aromatic N) is 4. The second-order valence-electron chi connectivity index (χ2n) is 8.18. The van der Waals surface area contributed by atoms with E-state index in [0.29, 0.717) is 16.8 Å². The van der Waals surface area contributed by atoms with E-state index in [0.717, 1.165) is 54.0 Å². The highest BCUT2D eigenvalue weighted by Crippen LogP contribution is 2.32. The predicted molar refractivity (Wildman–Crippen MR) is 133 cm³/mol. The smallest absolute Gasteiger partial charge is 0.229 e. The van der Waals surface area contributed by atoms with E-state index in [-0.39, 0.29) is 0 Å². The third kappa shape index (κ3) is 4.22. The zero-order valence-electron chi connectivity index (χ0n) is 18.2. The van der Waals surface area contributed by atoms with Gasteiger partial charge in [-0.3, -0.25) is 0 Å². The molecule has 4 aromatic rings. The van der Waals surface area contributed by atoms with Crippen molar-refractivity contribution in [1.82, 2.24) is 19.9 Å². The lowest BCUT2D eigenvalue weighted by molar-refractivity contribution is 0.313. The lowest BCUT2D eigenvalue weighted by atomic mass is 10.2. The minimum atomic E-state index is 0.530. The van der Waals surface area contributed by atoms with Crippen molar-refractivity contribution < 1.29 is 0 Å². The number of aromatic nitrogens is 3. The number of nitrogens with one attached hydrogen (secondary N) is 3. The van der Waals surface area contributed by atoms with Crippen LogP contribution in [-0.4, -0.2) is 53.1 Å². The normalized spacial score (nSPS) is 14.7. The molecule has 0 unspecified atom stereocenters. The standard InChI is InChI=1S/C24H26ClN7/c1-16-15-27-24(28-18-4-6-19(7-5-18)32-13-11-31(2)12-14-32)30-23(16)29-20-8-3-17-9-10-26-22(17)21(20)25/h3-10,15,26H,11-14H2,1-2H3,(H2,27,28,29,30). The molecular formula is C24H26ClN7. The van der Waals surface area contributed by atoms with E-state index in [4.69, 9.17) is 11.6 Å². The number of anilines is 5. The molecule has 1 saturated heterocycles. The Hall–Kier alpha value is -3.29. The number of aromatic amines is 1. The Bertz CT molecular complexity index is 1230. The summed E-state index contributed by atoms with van der Waals surface area (Å²) in [4.78, 5) is 17.1. The van der Waals surface area contributed by atoms with Crippen molar-refractivity contribution >= 4 is 51.3 Å². The van der Waals surface area contributed by atoms with Crippen molar-refractivity contribution in [3.63, 3.8) is 0 Å². The molecule has 0 amide bonds. The van der Waals surface area contributed by atoms with Gasteiger partial charge in [0, 0.05) is 60.9 Å². The van der Waals surface area contributed by atoms with Crippen LogP contribution in [0.25, 0.3) is 10.9 Å². The first-order valence-electron chi connectivity index (χ1n) is 10.7. The highest BCUT2D eigenvalue weighted by atomic mass is 35.5. The topological polar surface area (TPSA) is 72.1 Å². The van der Waals surface area contributed by atoms with Crippen molar-refractivity contribution in [3.05, 3.63) is 65.4 Å². The van der Waals surface area contributed by atoms with Crippen LogP contribution in [0.5, 0.6) is 0 Å². The highest BCUT2D eigenvalue weighted by molar-refractivity contribution is 6.37. The predicted octanol–water partition coefficient (Wildman–Crippen LogP) is 5.16. The second-order valence-corrected chi connectivity index (χ2v) is 8.56. The number of likely N-dealkylation sites (N-methyl/N-ethyl adjacent to an activating group) is 1. The van der Waals surface area contributed by atoms with Crippen LogP contribution in [0.2, 0.25) is 5.02 Å². The minimum absolute atomic E-state index is 0.530. The van der Waals surface area contributed by atoms with Gasteiger partial charge in [-0.2, -0.15) is 4.98 Å². The van der Waals surface area contributed by atoms with Gasteiger partial charge in [-0.25, -0.2) is 4.98 Å². The van der Waals surface area contributed by atoms with E-state index in [9.17, 15) is 0 Å². The molecule has 3 heterocycles. The number of benzene rings is 2. The Labute approximate surface area is 192 Å². The van der Waals surface area contributed by atoms with Crippen LogP contribution in [0.15, 0.2) is 54.9 Å². The molecule has 0 radical (unpaired) electrons. The molecule has 1 aliphatic rings. The number of rotatable bonds is 5. The largest absolute Gasteiger partial charge is 0.369 e. The fraction of sp³-hybridized carbons (Fsp3) is 0.250. The van der Waals surface area contributed by atoms with Crippen molar-refractivity contribution in [2.45, 2.75) is 6.92 Å². The number of hydrogen-bond acceptors (Lipinski definition) is 6. The number of halogens is 1. The first kappa shape index (κ1) is 20.6. The van der Waals surface area contributed by atoms with E-state index >= 15 is 0 Å². The summed E-state index contributed by atoms with van der Waals surface area (Å²) in [5, 5.41) is 8.37. The molecule has 5 rings (SSSR count). The summed E-state index contributed by atoms with van der Waals surface area (Å²) in [6.07, 6.45) is 3.69. The van der Waals surface area contributed by atoms with Gasteiger partial charge in [0.15, 0.2) is 0 Å². The summed E-state index contributed by atoms with van der Waals surface area (Å²) in [5.41, 5.74) is 4.82. The monoisotopic (exact) mass is 447 g/mol. The lowest BCUT2D eigenvalue weighted by Gasteiger charge is -2.34. The molecule has 8 heteroatoms. The summed E-state index contributed by atoms with van der Waals surface area (Å²) < 4.78 is 0. The maximum absolute atomic E-state index is 6.58. The Balaban J connectivity index is 1.32. The molecule has 2 aromatic heterocycles. The number of fused-ring (bicyclic) bond motifs is 1. The second kappa shape index (κ2) is 8.68. The third-order valence-corrected chi connectivity index (χ3v) is 6.27. The Morgan fingerprint density at radius 1 is 0.969 bits per heavy atom. The van der Waals surface area contributed by atoms with E-state index < -0.39 is 0 Å².